The van der Waals surface area contributed by atoms with Gasteiger partial charge in [0.25, 0.3) is 5.91 Å². The Morgan fingerprint density at radius 1 is 1.35 bits per heavy atom. The van der Waals surface area contributed by atoms with Gasteiger partial charge in [-0.05, 0) is 52.9 Å². The molecular weight excluding hydrogens is 351 g/mol. The van der Waals surface area contributed by atoms with E-state index in [4.69, 9.17) is 11.6 Å². The smallest absolute Gasteiger partial charge is 0.257 e. The Bertz CT molecular complexity index is 545. The highest BCUT2D eigenvalue weighted by Gasteiger charge is 2.08. The summed E-state index contributed by atoms with van der Waals surface area (Å²) in [5.74, 6) is -0.221. The lowest BCUT2D eigenvalue weighted by atomic mass is 10.2. The van der Waals surface area contributed by atoms with Gasteiger partial charge in [-0.2, -0.15) is 0 Å². The SMILES string of the molecule is O=C(Nc1ccc(I)cc1Cl)c1cccnc1. The molecule has 0 aliphatic heterocycles. The molecule has 2 aromatic rings. The van der Waals surface area contributed by atoms with Gasteiger partial charge in [0, 0.05) is 16.0 Å². The van der Waals surface area contributed by atoms with E-state index in [9.17, 15) is 4.79 Å². The summed E-state index contributed by atoms with van der Waals surface area (Å²) < 4.78 is 1.02. The van der Waals surface area contributed by atoms with Gasteiger partial charge in [-0.1, -0.05) is 11.6 Å². The van der Waals surface area contributed by atoms with Gasteiger partial charge in [0.1, 0.15) is 0 Å². The largest absolute Gasteiger partial charge is 0.321 e. The lowest BCUT2D eigenvalue weighted by Crippen LogP contribution is -2.12. The summed E-state index contributed by atoms with van der Waals surface area (Å²) in [4.78, 5) is 15.7. The van der Waals surface area contributed by atoms with Crippen LogP contribution < -0.4 is 5.32 Å². The first-order valence-electron chi connectivity index (χ1n) is 4.83. The van der Waals surface area contributed by atoms with E-state index in [1.54, 1.807) is 30.5 Å². The van der Waals surface area contributed by atoms with Crippen molar-refractivity contribution in [3.8, 4) is 0 Å². The molecule has 0 radical (unpaired) electrons. The number of rotatable bonds is 2. The molecule has 5 heteroatoms. The lowest BCUT2D eigenvalue weighted by Gasteiger charge is -2.07. The Hall–Kier alpha value is -1.14. The third kappa shape index (κ3) is 3.17. The minimum atomic E-state index is -0.221. The summed E-state index contributed by atoms with van der Waals surface area (Å²) in [5, 5.41) is 3.26. The van der Waals surface area contributed by atoms with Gasteiger partial charge in [0.2, 0.25) is 0 Å². The van der Waals surface area contributed by atoms with Crippen LogP contribution in [-0.2, 0) is 0 Å². The van der Waals surface area contributed by atoms with E-state index in [0.717, 1.165) is 3.57 Å². The lowest BCUT2D eigenvalue weighted by molar-refractivity contribution is 0.102. The third-order valence-corrected chi connectivity index (χ3v) is 3.09. The van der Waals surface area contributed by atoms with E-state index in [0.29, 0.717) is 16.3 Å². The van der Waals surface area contributed by atoms with Gasteiger partial charge in [-0.3, -0.25) is 9.78 Å². The maximum atomic E-state index is 11.8. The fraction of sp³-hybridized carbons (Fsp3) is 0. The second kappa shape index (κ2) is 5.46. The van der Waals surface area contributed by atoms with Crippen LogP contribution in [0.15, 0.2) is 42.7 Å². The van der Waals surface area contributed by atoms with Gasteiger partial charge >= 0.3 is 0 Å². The normalized spacial score (nSPS) is 10.0. The number of nitrogens with zero attached hydrogens (tertiary/aromatic N) is 1. The fourth-order valence-corrected chi connectivity index (χ4v) is 2.19. The highest BCUT2D eigenvalue weighted by molar-refractivity contribution is 14.1. The highest BCUT2D eigenvalue weighted by Crippen LogP contribution is 2.24. The Morgan fingerprint density at radius 2 is 2.18 bits per heavy atom. The van der Waals surface area contributed by atoms with Gasteiger partial charge in [-0.25, -0.2) is 0 Å². The van der Waals surface area contributed by atoms with Gasteiger partial charge in [0.15, 0.2) is 0 Å². The number of halogens is 2. The molecular formula is C12H8ClIN2O. The zero-order chi connectivity index (χ0) is 12.3. The molecule has 0 atom stereocenters. The molecule has 1 amide bonds. The molecule has 1 heterocycles. The Labute approximate surface area is 117 Å². The molecule has 0 spiro atoms. The quantitative estimate of drug-likeness (QED) is 0.834. The molecule has 0 aliphatic carbocycles. The number of benzene rings is 1. The number of nitrogens with one attached hydrogen (secondary N) is 1. The first-order chi connectivity index (χ1) is 8.16. The molecule has 1 aromatic carbocycles. The van der Waals surface area contributed by atoms with E-state index in [1.165, 1.54) is 6.20 Å². The summed E-state index contributed by atoms with van der Waals surface area (Å²) >= 11 is 8.19. The number of pyridine rings is 1. The number of hydrogen-bond donors (Lipinski definition) is 1. The average molecular weight is 359 g/mol. The Kier molecular flexibility index (Phi) is 3.96. The molecule has 17 heavy (non-hydrogen) atoms. The molecule has 0 aliphatic rings. The predicted molar refractivity (Wildman–Crippen MR) is 76.4 cm³/mol. The maximum absolute atomic E-state index is 11.8. The molecule has 0 saturated heterocycles. The summed E-state index contributed by atoms with van der Waals surface area (Å²) in [6, 6.07) is 8.86. The zero-order valence-corrected chi connectivity index (χ0v) is 11.6. The number of carbonyl (C=O) groups excluding carboxylic acids is 1. The number of amides is 1. The highest BCUT2D eigenvalue weighted by atomic mass is 127. The first kappa shape index (κ1) is 12.3. The number of hydrogen-bond acceptors (Lipinski definition) is 2. The van der Waals surface area contributed by atoms with Crippen LogP contribution in [0.3, 0.4) is 0 Å². The Morgan fingerprint density at radius 3 is 2.82 bits per heavy atom. The number of aromatic nitrogens is 1. The number of carbonyl (C=O) groups is 1. The fourth-order valence-electron chi connectivity index (χ4n) is 1.28. The van der Waals surface area contributed by atoms with Crippen molar-refractivity contribution < 1.29 is 4.79 Å². The summed E-state index contributed by atoms with van der Waals surface area (Å²) in [7, 11) is 0. The van der Waals surface area contributed by atoms with Crippen LogP contribution in [0.25, 0.3) is 0 Å². The van der Waals surface area contributed by atoms with Crippen LogP contribution in [0.4, 0.5) is 5.69 Å². The molecule has 86 valence electrons. The summed E-state index contributed by atoms with van der Waals surface area (Å²) in [6.07, 6.45) is 3.13. The molecule has 0 bridgehead atoms. The minimum absolute atomic E-state index is 0.221. The molecule has 0 fully saturated rings. The Balaban J connectivity index is 2.19. The van der Waals surface area contributed by atoms with Gasteiger partial charge < -0.3 is 5.32 Å². The van der Waals surface area contributed by atoms with Crippen molar-refractivity contribution >= 4 is 45.8 Å². The summed E-state index contributed by atoms with van der Waals surface area (Å²) in [6.45, 7) is 0. The van der Waals surface area contributed by atoms with Crippen LogP contribution >= 0.6 is 34.2 Å². The zero-order valence-electron chi connectivity index (χ0n) is 8.65. The molecule has 2 rings (SSSR count). The first-order valence-corrected chi connectivity index (χ1v) is 6.29. The van der Waals surface area contributed by atoms with E-state index >= 15 is 0 Å². The van der Waals surface area contributed by atoms with Crippen molar-refractivity contribution in [1.82, 2.24) is 4.98 Å². The average Bonchev–Trinajstić information content (AvgIpc) is 2.34. The standard InChI is InChI=1S/C12H8ClIN2O/c13-10-6-9(14)3-4-11(10)16-12(17)8-2-1-5-15-7-8/h1-7H,(H,16,17). The van der Waals surface area contributed by atoms with E-state index in [1.807, 2.05) is 6.07 Å². The molecule has 0 saturated carbocycles. The predicted octanol–water partition coefficient (Wildman–Crippen LogP) is 3.59. The van der Waals surface area contributed by atoms with Crippen LogP contribution in [0.5, 0.6) is 0 Å². The van der Waals surface area contributed by atoms with E-state index < -0.39 is 0 Å². The monoisotopic (exact) mass is 358 g/mol. The second-order valence-corrected chi connectivity index (χ2v) is 4.97. The van der Waals surface area contributed by atoms with Crippen molar-refractivity contribution in [2.45, 2.75) is 0 Å². The van der Waals surface area contributed by atoms with Crippen molar-refractivity contribution in [3.05, 3.63) is 56.9 Å². The van der Waals surface area contributed by atoms with E-state index in [-0.39, 0.29) is 5.91 Å². The van der Waals surface area contributed by atoms with E-state index in [2.05, 4.69) is 32.9 Å². The maximum Gasteiger partial charge on any atom is 0.257 e. The molecule has 3 nitrogen and oxygen atoms in total. The molecule has 1 N–H and O–H groups in total. The van der Waals surface area contributed by atoms with Crippen LogP contribution in [0.1, 0.15) is 10.4 Å². The van der Waals surface area contributed by atoms with Crippen LogP contribution in [-0.4, -0.2) is 10.9 Å². The van der Waals surface area contributed by atoms with Crippen molar-refractivity contribution in [2.75, 3.05) is 5.32 Å². The number of anilines is 1. The minimum Gasteiger partial charge on any atom is -0.321 e. The second-order valence-electron chi connectivity index (χ2n) is 3.32. The summed E-state index contributed by atoms with van der Waals surface area (Å²) in [5.41, 5.74) is 1.10. The topological polar surface area (TPSA) is 42.0 Å². The third-order valence-electron chi connectivity index (χ3n) is 2.10. The molecule has 1 aromatic heterocycles. The van der Waals surface area contributed by atoms with Crippen molar-refractivity contribution in [1.29, 1.82) is 0 Å². The van der Waals surface area contributed by atoms with Crippen molar-refractivity contribution in [3.63, 3.8) is 0 Å². The molecule has 0 unspecified atom stereocenters. The van der Waals surface area contributed by atoms with Crippen LogP contribution in [0.2, 0.25) is 5.02 Å². The van der Waals surface area contributed by atoms with Gasteiger partial charge in [0.05, 0.1) is 16.3 Å². The van der Waals surface area contributed by atoms with Crippen LogP contribution in [0, 0.1) is 3.57 Å². The van der Waals surface area contributed by atoms with Gasteiger partial charge in [-0.15, -0.1) is 0 Å². The van der Waals surface area contributed by atoms with Crippen molar-refractivity contribution in [2.24, 2.45) is 0 Å².